The van der Waals surface area contributed by atoms with E-state index in [2.05, 4.69) is 207 Å². The fourth-order valence-electron chi connectivity index (χ4n) is 14.3. The van der Waals surface area contributed by atoms with Crippen molar-refractivity contribution in [3.05, 3.63) is 186 Å². The number of ether oxygens (including phenoxy) is 2. The molecule has 8 aromatic rings. The first-order valence-electron chi connectivity index (χ1n) is 31.7. The zero-order chi connectivity index (χ0) is 56.5. The van der Waals surface area contributed by atoms with Crippen LogP contribution in [0.3, 0.4) is 0 Å². The molecule has 8 aromatic carbocycles. The average molecular weight is 1070 g/mol. The maximum absolute atomic E-state index is 6.43. The third-order valence-electron chi connectivity index (χ3n) is 18.7. The molecule has 0 aromatic heterocycles. The van der Waals surface area contributed by atoms with E-state index in [0.29, 0.717) is 11.8 Å². The predicted octanol–water partition coefficient (Wildman–Crippen LogP) is 22.5. The molecule has 10 rings (SSSR count). The molecule has 0 spiro atoms. The van der Waals surface area contributed by atoms with Gasteiger partial charge in [-0.15, -0.1) is 0 Å². The van der Waals surface area contributed by atoms with Crippen LogP contribution in [0.25, 0.3) is 77.9 Å². The Hall–Kier alpha value is -6.84. The third kappa shape index (κ3) is 11.8. The van der Waals surface area contributed by atoms with E-state index in [1.807, 2.05) is 12.1 Å². The Morgan fingerprint density at radius 3 is 0.926 bits per heavy atom. The molecular weight excluding hydrogens is 983 g/mol. The lowest BCUT2D eigenvalue weighted by molar-refractivity contribution is 0.233. The Morgan fingerprint density at radius 2 is 0.605 bits per heavy atom. The van der Waals surface area contributed by atoms with Gasteiger partial charge < -0.3 is 15.2 Å². The molecule has 0 fully saturated rings. The summed E-state index contributed by atoms with van der Waals surface area (Å²) in [4.78, 5) is 0. The molecule has 0 heterocycles. The number of anilines is 1. The number of benzene rings is 8. The SMILES string of the molecule is CCCCC(CC)COc1ccc(-c2cc(-c3ccc(OCC(CC)CCCC)cc3)cc(-c3ccc4c(c3)C(CCC)(CCC)c3cc(-c5ccc6c(c5)C(CCC)(CCC)c5cc(-c7ccc(N)cc7)ccc5-6)ccc3-4)c2)cc1. The van der Waals surface area contributed by atoms with Crippen LogP contribution in [-0.2, 0) is 10.8 Å². The molecule has 0 saturated heterocycles. The summed E-state index contributed by atoms with van der Waals surface area (Å²) in [5.41, 5.74) is 30.7. The molecular formula is C78H91NO2. The van der Waals surface area contributed by atoms with Crippen LogP contribution in [0, 0.1) is 11.8 Å². The second-order valence-corrected chi connectivity index (χ2v) is 24.1. The molecule has 0 saturated carbocycles. The van der Waals surface area contributed by atoms with E-state index in [1.165, 1.54) is 139 Å². The van der Waals surface area contributed by atoms with Crippen molar-refractivity contribution in [3.8, 4) is 89.4 Å². The summed E-state index contributed by atoms with van der Waals surface area (Å²) in [6, 6.07) is 62.8. The highest BCUT2D eigenvalue weighted by atomic mass is 16.5. The maximum atomic E-state index is 6.43. The van der Waals surface area contributed by atoms with Gasteiger partial charge in [-0.1, -0.05) is 205 Å². The van der Waals surface area contributed by atoms with Gasteiger partial charge in [0.1, 0.15) is 11.5 Å². The van der Waals surface area contributed by atoms with Gasteiger partial charge in [0.05, 0.1) is 13.2 Å². The number of hydrogen-bond donors (Lipinski definition) is 1. The number of nitrogens with two attached hydrogens (primary N) is 1. The largest absolute Gasteiger partial charge is 0.493 e. The lowest BCUT2D eigenvalue weighted by atomic mass is 9.70. The molecule has 81 heavy (non-hydrogen) atoms. The van der Waals surface area contributed by atoms with E-state index in [4.69, 9.17) is 15.2 Å². The van der Waals surface area contributed by atoms with E-state index in [-0.39, 0.29) is 10.8 Å². The van der Waals surface area contributed by atoms with Crippen molar-refractivity contribution in [2.75, 3.05) is 18.9 Å². The van der Waals surface area contributed by atoms with Crippen LogP contribution in [0.2, 0.25) is 0 Å². The lowest BCUT2D eigenvalue weighted by Crippen LogP contribution is -2.25. The monoisotopic (exact) mass is 1070 g/mol. The minimum absolute atomic E-state index is 0.0452. The van der Waals surface area contributed by atoms with Crippen LogP contribution in [0.4, 0.5) is 5.69 Å². The number of hydrogen-bond acceptors (Lipinski definition) is 3. The molecule has 2 N–H and O–H groups in total. The van der Waals surface area contributed by atoms with E-state index in [9.17, 15) is 0 Å². The standard InChI is InChI=1S/C78H91NO2/c1-9-17-19-54(15-7)52-80-67-33-23-57(24-34-67)63-45-64(58-25-35-68(36-26-58)81-53-55(16-8)20-18-10-2)47-65(46-63)62-30-40-72-71-39-29-61(50-75(71)78(43-13-5,44-14-6)76(72)51-62)60-28-38-70-69-37-27-59(56-21-31-66(79)32-22-56)48-73(69)77(41-11-3,42-12-4)74(70)49-60/h21-40,45-51,54-55H,9-20,41-44,52-53,79H2,1-8H3. The van der Waals surface area contributed by atoms with Crippen molar-refractivity contribution in [1.29, 1.82) is 0 Å². The van der Waals surface area contributed by atoms with Crippen molar-refractivity contribution in [1.82, 2.24) is 0 Å². The van der Waals surface area contributed by atoms with Gasteiger partial charge in [-0.3, -0.25) is 0 Å². The van der Waals surface area contributed by atoms with Crippen LogP contribution >= 0.6 is 0 Å². The van der Waals surface area contributed by atoms with Gasteiger partial charge in [-0.2, -0.15) is 0 Å². The van der Waals surface area contributed by atoms with Crippen LogP contribution in [-0.4, -0.2) is 13.2 Å². The van der Waals surface area contributed by atoms with Crippen molar-refractivity contribution >= 4 is 5.69 Å². The maximum Gasteiger partial charge on any atom is 0.119 e. The lowest BCUT2D eigenvalue weighted by Gasteiger charge is -2.33. The van der Waals surface area contributed by atoms with Crippen LogP contribution in [0.5, 0.6) is 11.5 Å². The molecule has 2 aliphatic rings. The van der Waals surface area contributed by atoms with E-state index in [0.717, 1.165) is 94.6 Å². The first-order valence-corrected chi connectivity index (χ1v) is 31.7. The molecule has 420 valence electrons. The molecule has 2 aliphatic carbocycles. The average Bonchev–Trinajstić information content (AvgIpc) is 4.09. The Balaban J connectivity index is 1.02. The molecule has 2 atom stereocenters. The molecule has 0 radical (unpaired) electrons. The molecule has 0 amide bonds. The highest BCUT2D eigenvalue weighted by molar-refractivity contribution is 5.90. The van der Waals surface area contributed by atoms with Gasteiger partial charge >= 0.3 is 0 Å². The van der Waals surface area contributed by atoms with Gasteiger partial charge in [-0.25, -0.2) is 0 Å². The zero-order valence-corrected chi connectivity index (χ0v) is 50.4. The van der Waals surface area contributed by atoms with Crippen molar-refractivity contribution in [3.63, 3.8) is 0 Å². The van der Waals surface area contributed by atoms with Gasteiger partial charge in [0.25, 0.3) is 0 Å². The van der Waals surface area contributed by atoms with Crippen LogP contribution < -0.4 is 15.2 Å². The molecule has 0 bridgehead atoms. The zero-order valence-electron chi connectivity index (χ0n) is 50.4. The number of nitrogen functional groups attached to an aromatic ring is 1. The van der Waals surface area contributed by atoms with Crippen molar-refractivity contribution in [2.45, 2.75) is 169 Å². The van der Waals surface area contributed by atoms with Gasteiger partial charge in [0, 0.05) is 16.5 Å². The fourth-order valence-corrected chi connectivity index (χ4v) is 14.3. The number of fused-ring (bicyclic) bond motifs is 6. The van der Waals surface area contributed by atoms with Gasteiger partial charge in [0.15, 0.2) is 0 Å². The van der Waals surface area contributed by atoms with Gasteiger partial charge in [-0.05, 0) is 229 Å². The third-order valence-corrected chi connectivity index (χ3v) is 18.7. The first-order chi connectivity index (χ1) is 39.6. The second-order valence-electron chi connectivity index (χ2n) is 24.1. The van der Waals surface area contributed by atoms with Crippen molar-refractivity contribution in [2.24, 2.45) is 11.8 Å². The summed E-state index contributed by atoms with van der Waals surface area (Å²) in [7, 11) is 0. The van der Waals surface area contributed by atoms with E-state index < -0.39 is 0 Å². The first kappa shape index (κ1) is 57.4. The number of rotatable bonds is 27. The Morgan fingerprint density at radius 1 is 0.321 bits per heavy atom. The summed E-state index contributed by atoms with van der Waals surface area (Å²) in [5.74, 6) is 3.06. The van der Waals surface area contributed by atoms with E-state index in [1.54, 1.807) is 0 Å². The summed E-state index contributed by atoms with van der Waals surface area (Å²) in [6.07, 6.45) is 18.6. The highest BCUT2D eigenvalue weighted by Gasteiger charge is 2.44. The molecule has 3 nitrogen and oxygen atoms in total. The van der Waals surface area contributed by atoms with Crippen molar-refractivity contribution < 1.29 is 9.47 Å². The normalized spacial score (nSPS) is 14.2. The van der Waals surface area contributed by atoms with E-state index >= 15 is 0 Å². The summed E-state index contributed by atoms with van der Waals surface area (Å²) >= 11 is 0. The minimum Gasteiger partial charge on any atom is -0.493 e. The Kier molecular flexibility index (Phi) is 18.4. The minimum atomic E-state index is -0.105. The number of unbranched alkanes of at least 4 members (excludes halogenated alkanes) is 2. The Labute approximate surface area is 487 Å². The van der Waals surface area contributed by atoms with Crippen LogP contribution in [0.1, 0.15) is 180 Å². The summed E-state index contributed by atoms with van der Waals surface area (Å²) in [6.45, 7) is 20.1. The second kappa shape index (κ2) is 26.0. The summed E-state index contributed by atoms with van der Waals surface area (Å²) < 4.78 is 12.9. The quantitative estimate of drug-likeness (QED) is 0.0522. The molecule has 0 aliphatic heterocycles. The molecule has 3 heteroatoms. The molecule has 2 unspecified atom stereocenters. The topological polar surface area (TPSA) is 44.5 Å². The summed E-state index contributed by atoms with van der Waals surface area (Å²) in [5, 5.41) is 0. The van der Waals surface area contributed by atoms with Crippen LogP contribution in [0.15, 0.2) is 164 Å². The predicted molar refractivity (Wildman–Crippen MR) is 348 cm³/mol. The Bertz CT molecular complexity index is 3290. The highest BCUT2D eigenvalue weighted by Crippen LogP contribution is 2.58. The van der Waals surface area contributed by atoms with Gasteiger partial charge in [0.2, 0.25) is 0 Å². The fraction of sp³-hybridized carbons (Fsp3) is 0.385. The smallest absolute Gasteiger partial charge is 0.119 e.